The number of anilines is 1. The molecule has 142 valence electrons. The van der Waals surface area contributed by atoms with Crippen LogP contribution in [0.15, 0.2) is 48.5 Å². The van der Waals surface area contributed by atoms with Gasteiger partial charge >= 0.3 is 5.97 Å². The van der Waals surface area contributed by atoms with Crippen LogP contribution in [0.5, 0.6) is 0 Å². The molecule has 2 aromatic rings. The molecule has 5 nitrogen and oxygen atoms in total. The number of carbonyl (C=O) groups excluding carboxylic acids is 3. The number of nitrogens with one attached hydrogen (secondary N) is 1. The summed E-state index contributed by atoms with van der Waals surface area (Å²) in [5.74, 6) is -0.781. The molecule has 2 rings (SSSR count). The van der Waals surface area contributed by atoms with Crippen molar-refractivity contribution in [3.8, 4) is 0 Å². The van der Waals surface area contributed by atoms with Crippen molar-refractivity contribution in [2.24, 2.45) is 0 Å². The Kier molecular flexibility index (Phi) is 7.29. The van der Waals surface area contributed by atoms with Gasteiger partial charge in [-0.15, -0.1) is 0 Å². The Morgan fingerprint density at radius 2 is 1.63 bits per heavy atom. The highest BCUT2D eigenvalue weighted by Crippen LogP contribution is 2.14. The van der Waals surface area contributed by atoms with Crippen LogP contribution in [0, 0.1) is 6.92 Å². The maximum Gasteiger partial charge on any atom is 0.310 e. The molecule has 0 aliphatic heterocycles. The Morgan fingerprint density at radius 3 is 2.22 bits per heavy atom. The average molecular weight is 367 g/mol. The Morgan fingerprint density at radius 1 is 1.00 bits per heavy atom. The average Bonchev–Trinajstić information content (AvgIpc) is 2.63. The molecule has 1 N–H and O–H groups in total. The second-order valence-corrected chi connectivity index (χ2v) is 6.53. The van der Waals surface area contributed by atoms with Gasteiger partial charge in [0.25, 0.3) is 0 Å². The van der Waals surface area contributed by atoms with Crippen LogP contribution in [0.3, 0.4) is 0 Å². The molecule has 5 heteroatoms. The van der Waals surface area contributed by atoms with E-state index in [0.29, 0.717) is 17.7 Å². The van der Waals surface area contributed by atoms with E-state index in [2.05, 4.69) is 5.32 Å². The van der Waals surface area contributed by atoms with Crippen LogP contribution in [0.2, 0.25) is 0 Å². The lowest BCUT2D eigenvalue weighted by Gasteiger charge is -2.13. The summed E-state index contributed by atoms with van der Waals surface area (Å²) in [7, 11) is 0. The molecular weight excluding hydrogens is 342 g/mol. The molecule has 0 heterocycles. The quantitative estimate of drug-likeness (QED) is 0.563. The van der Waals surface area contributed by atoms with E-state index in [1.165, 1.54) is 0 Å². The number of hydrogen-bond acceptors (Lipinski definition) is 4. The van der Waals surface area contributed by atoms with Crippen LogP contribution >= 0.6 is 0 Å². The molecule has 0 fully saturated rings. The summed E-state index contributed by atoms with van der Waals surface area (Å²) in [6.45, 7) is 5.47. The number of benzene rings is 2. The Bertz CT molecular complexity index is 794. The first-order valence-corrected chi connectivity index (χ1v) is 9.08. The summed E-state index contributed by atoms with van der Waals surface area (Å²) >= 11 is 0. The summed E-state index contributed by atoms with van der Waals surface area (Å²) < 4.78 is 5.27. The monoisotopic (exact) mass is 367 g/mol. The van der Waals surface area contributed by atoms with Gasteiger partial charge in [-0.25, -0.2) is 0 Å². The van der Waals surface area contributed by atoms with E-state index in [-0.39, 0.29) is 18.1 Å². The van der Waals surface area contributed by atoms with Gasteiger partial charge in [-0.3, -0.25) is 14.4 Å². The second kappa shape index (κ2) is 9.67. The zero-order valence-electron chi connectivity index (χ0n) is 16.0. The van der Waals surface area contributed by atoms with Gasteiger partial charge in [-0.2, -0.15) is 0 Å². The number of ether oxygens (including phenoxy) is 1. The van der Waals surface area contributed by atoms with Crippen LogP contribution in [0.25, 0.3) is 0 Å². The number of rotatable bonds is 8. The summed E-state index contributed by atoms with van der Waals surface area (Å²) in [6, 6.07) is 14.2. The molecule has 27 heavy (non-hydrogen) atoms. The lowest BCUT2D eigenvalue weighted by molar-refractivity contribution is -0.145. The third-order valence-electron chi connectivity index (χ3n) is 4.08. The SMILES string of the molecule is CCCC(=O)Nc1ccc(C(=O)[C@@H](C)OC(=O)Cc2ccc(C)cc2)cc1. The van der Waals surface area contributed by atoms with Crippen molar-refractivity contribution < 1.29 is 19.1 Å². The molecule has 0 saturated heterocycles. The molecule has 1 atom stereocenters. The van der Waals surface area contributed by atoms with Gasteiger partial charge in [0.05, 0.1) is 6.42 Å². The Balaban J connectivity index is 1.91. The summed E-state index contributed by atoms with van der Waals surface area (Å²) in [5, 5.41) is 2.77. The fourth-order valence-corrected chi connectivity index (χ4v) is 2.57. The van der Waals surface area contributed by atoms with Crippen molar-refractivity contribution >= 4 is 23.3 Å². The fourth-order valence-electron chi connectivity index (χ4n) is 2.57. The number of Topliss-reactive ketones (excluding diaryl/α,β-unsaturated/α-hetero) is 1. The van der Waals surface area contributed by atoms with Crippen LogP contribution in [0.1, 0.15) is 48.2 Å². The first-order valence-electron chi connectivity index (χ1n) is 9.08. The second-order valence-electron chi connectivity index (χ2n) is 6.53. The predicted molar refractivity (Wildman–Crippen MR) is 105 cm³/mol. The number of amides is 1. The van der Waals surface area contributed by atoms with Crippen molar-refractivity contribution in [3.63, 3.8) is 0 Å². The standard InChI is InChI=1S/C22H25NO4/c1-4-5-20(24)23-19-12-10-18(11-13-19)22(26)16(3)27-21(25)14-17-8-6-15(2)7-9-17/h6-13,16H,4-5,14H2,1-3H3,(H,23,24)/t16-/m1/s1. The highest BCUT2D eigenvalue weighted by atomic mass is 16.5. The van der Waals surface area contributed by atoms with Crippen LogP contribution < -0.4 is 5.32 Å². The van der Waals surface area contributed by atoms with Crippen LogP contribution in [-0.4, -0.2) is 23.8 Å². The van der Waals surface area contributed by atoms with E-state index < -0.39 is 12.1 Å². The normalized spacial score (nSPS) is 11.5. The number of hydrogen-bond donors (Lipinski definition) is 1. The maximum atomic E-state index is 12.4. The molecule has 0 saturated carbocycles. The largest absolute Gasteiger partial charge is 0.454 e. The smallest absolute Gasteiger partial charge is 0.310 e. The van der Waals surface area contributed by atoms with Gasteiger partial charge in [-0.1, -0.05) is 36.8 Å². The molecule has 0 aliphatic rings. The van der Waals surface area contributed by atoms with Gasteiger partial charge in [0.2, 0.25) is 11.7 Å². The fraction of sp³-hybridized carbons (Fsp3) is 0.318. The van der Waals surface area contributed by atoms with Gasteiger partial charge in [-0.05, 0) is 50.1 Å². The molecule has 0 aliphatic carbocycles. The molecule has 0 bridgehead atoms. The highest BCUT2D eigenvalue weighted by molar-refractivity contribution is 6.00. The topological polar surface area (TPSA) is 72.5 Å². The van der Waals surface area contributed by atoms with E-state index in [9.17, 15) is 14.4 Å². The third-order valence-corrected chi connectivity index (χ3v) is 4.08. The molecular formula is C22H25NO4. The van der Waals surface area contributed by atoms with Crippen molar-refractivity contribution in [1.29, 1.82) is 0 Å². The van der Waals surface area contributed by atoms with E-state index in [4.69, 9.17) is 4.74 Å². The number of esters is 1. The van der Waals surface area contributed by atoms with Crippen LogP contribution in [-0.2, 0) is 20.7 Å². The van der Waals surface area contributed by atoms with Crippen molar-refractivity contribution in [3.05, 3.63) is 65.2 Å². The summed E-state index contributed by atoms with van der Waals surface area (Å²) in [6.07, 6.45) is 0.478. The summed E-state index contributed by atoms with van der Waals surface area (Å²) in [5.41, 5.74) is 3.02. The number of ketones is 1. The van der Waals surface area contributed by atoms with Crippen molar-refractivity contribution in [2.45, 2.75) is 46.1 Å². The lowest BCUT2D eigenvalue weighted by atomic mass is 10.1. The lowest BCUT2D eigenvalue weighted by Crippen LogP contribution is -2.25. The summed E-state index contributed by atoms with van der Waals surface area (Å²) in [4.78, 5) is 36.1. The van der Waals surface area contributed by atoms with E-state index in [1.54, 1.807) is 31.2 Å². The minimum absolute atomic E-state index is 0.0602. The van der Waals surface area contributed by atoms with E-state index in [1.807, 2.05) is 38.1 Å². The molecule has 0 spiro atoms. The Hall–Kier alpha value is -2.95. The maximum absolute atomic E-state index is 12.4. The van der Waals surface area contributed by atoms with Crippen LogP contribution in [0.4, 0.5) is 5.69 Å². The highest BCUT2D eigenvalue weighted by Gasteiger charge is 2.19. The predicted octanol–water partition coefficient (Wildman–Crippen LogP) is 4.09. The van der Waals surface area contributed by atoms with Gasteiger partial charge in [0.1, 0.15) is 0 Å². The third kappa shape index (κ3) is 6.37. The van der Waals surface area contributed by atoms with Gasteiger partial charge in [0, 0.05) is 17.7 Å². The van der Waals surface area contributed by atoms with Gasteiger partial charge in [0.15, 0.2) is 6.10 Å². The van der Waals surface area contributed by atoms with E-state index in [0.717, 1.165) is 17.5 Å². The van der Waals surface area contributed by atoms with E-state index >= 15 is 0 Å². The first kappa shape index (κ1) is 20.4. The molecule has 0 radical (unpaired) electrons. The van der Waals surface area contributed by atoms with Gasteiger partial charge < -0.3 is 10.1 Å². The first-order chi connectivity index (χ1) is 12.9. The minimum atomic E-state index is -0.872. The molecule has 0 unspecified atom stereocenters. The zero-order chi connectivity index (χ0) is 19.8. The molecule has 2 aromatic carbocycles. The number of aryl methyl sites for hydroxylation is 1. The minimum Gasteiger partial charge on any atom is -0.454 e. The zero-order valence-corrected chi connectivity index (χ0v) is 16.0. The van der Waals surface area contributed by atoms with Crippen molar-refractivity contribution in [2.75, 3.05) is 5.32 Å². The molecule has 1 amide bonds. The van der Waals surface area contributed by atoms with Crippen molar-refractivity contribution in [1.82, 2.24) is 0 Å². The Labute approximate surface area is 159 Å². The number of carbonyl (C=O) groups is 3. The molecule has 0 aromatic heterocycles.